The van der Waals surface area contributed by atoms with Gasteiger partial charge in [-0.1, -0.05) is 0 Å². The third-order valence-electron chi connectivity index (χ3n) is 4.76. The van der Waals surface area contributed by atoms with Gasteiger partial charge in [0.15, 0.2) is 0 Å². The molecule has 4 heteroatoms. The molecule has 1 aromatic heterocycles. The Morgan fingerprint density at radius 2 is 1.82 bits per heavy atom. The molecule has 1 aliphatic carbocycles. The van der Waals surface area contributed by atoms with Crippen LogP contribution in [0.5, 0.6) is 0 Å². The van der Waals surface area contributed by atoms with E-state index in [4.69, 9.17) is 4.98 Å². The van der Waals surface area contributed by atoms with Gasteiger partial charge < -0.3 is 10.0 Å². The zero-order chi connectivity index (χ0) is 14.9. The molecule has 116 valence electrons. The van der Waals surface area contributed by atoms with Gasteiger partial charge in [0.25, 0.3) is 0 Å². The Bertz CT molecular complexity index is 644. The van der Waals surface area contributed by atoms with Crippen LogP contribution in [0.3, 0.4) is 0 Å². The van der Waals surface area contributed by atoms with E-state index in [1.165, 1.54) is 43.6 Å². The van der Waals surface area contributed by atoms with E-state index in [1.54, 1.807) is 11.3 Å². The molecule has 4 rings (SSSR count). The van der Waals surface area contributed by atoms with Crippen molar-refractivity contribution in [2.24, 2.45) is 0 Å². The summed E-state index contributed by atoms with van der Waals surface area (Å²) in [6, 6.07) is 8.80. The highest BCUT2D eigenvalue weighted by atomic mass is 32.1. The van der Waals surface area contributed by atoms with E-state index >= 15 is 0 Å². The first kappa shape index (κ1) is 14.2. The molecular weight excluding hydrogens is 292 g/mol. The molecule has 1 unspecified atom stereocenters. The maximum absolute atomic E-state index is 10.1. The highest BCUT2D eigenvalue weighted by molar-refractivity contribution is 7.15. The third-order valence-corrected chi connectivity index (χ3v) is 6.00. The van der Waals surface area contributed by atoms with Crippen molar-refractivity contribution >= 4 is 17.0 Å². The lowest BCUT2D eigenvalue weighted by Crippen LogP contribution is -2.29. The van der Waals surface area contributed by atoms with Crippen molar-refractivity contribution in [1.29, 1.82) is 0 Å². The number of hydrogen-bond donors (Lipinski definition) is 1. The lowest BCUT2D eigenvalue weighted by atomic mass is 10.0. The molecule has 0 spiro atoms. The monoisotopic (exact) mass is 314 g/mol. The van der Waals surface area contributed by atoms with Crippen LogP contribution in [0.1, 0.15) is 48.8 Å². The Morgan fingerprint density at radius 3 is 2.55 bits per heavy atom. The summed E-state index contributed by atoms with van der Waals surface area (Å²) in [6.07, 6.45) is 6.60. The van der Waals surface area contributed by atoms with Gasteiger partial charge in [0.2, 0.25) is 0 Å². The number of anilines is 1. The zero-order valence-corrected chi connectivity index (χ0v) is 13.6. The summed E-state index contributed by atoms with van der Waals surface area (Å²) in [6.45, 7) is 2.36. The minimum absolute atomic E-state index is 0.303. The molecule has 2 aromatic rings. The second-order valence-corrected chi connectivity index (χ2v) is 7.36. The van der Waals surface area contributed by atoms with Crippen LogP contribution in [0.2, 0.25) is 0 Å². The molecule has 1 fully saturated rings. The summed E-state index contributed by atoms with van der Waals surface area (Å²) < 4.78 is 0. The van der Waals surface area contributed by atoms with Crippen molar-refractivity contribution in [2.75, 3.05) is 18.0 Å². The summed E-state index contributed by atoms with van der Waals surface area (Å²) in [5.41, 5.74) is 3.61. The van der Waals surface area contributed by atoms with Crippen LogP contribution in [0, 0.1) is 0 Å². The molecule has 1 aliphatic heterocycles. The van der Waals surface area contributed by atoms with Crippen LogP contribution in [-0.2, 0) is 6.42 Å². The number of hydrogen-bond acceptors (Lipinski definition) is 4. The summed E-state index contributed by atoms with van der Waals surface area (Å²) >= 11 is 1.66. The van der Waals surface area contributed by atoms with Crippen molar-refractivity contribution in [1.82, 2.24) is 4.98 Å². The van der Waals surface area contributed by atoms with Crippen LogP contribution in [0.4, 0.5) is 5.69 Å². The van der Waals surface area contributed by atoms with Gasteiger partial charge in [0, 0.05) is 24.3 Å². The molecule has 1 atom stereocenters. The van der Waals surface area contributed by atoms with Crippen LogP contribution in [0.15, 0.2) is 24.3 Å². The largest absolute Gasteiger partial charge is 0.388 e. The highest BCUT2D eigenvalue weighted by Gasteiger charge is 2.23. The predicted molar refractivity (Wildman–Crippen MR) is 91.5 cm³/mol. The van der Waals surface area contributed by atoms with E-state index in [0.717, 1.165) is 34.8 Å². The first-order valence-corrected chi connectivity index (χ1v) is 9.16. The minimum Gasteiger partial charge on any atom is -0.388 e. The van der Waals surface area contributed by atoms with E-state index in [9.17, 15) is 5.11 Å². The van der Waals surface area contributed by atoms with Gasteiger partial charge >= 0.3 is 0 Å². The molecule has 2 aliphatic rings. The number of piperidine rings is 1. The predicted octanol–water partition coefficient (Wildman–Crippen LogP) is 4.17. The number of aromatic nitrogens is 1. The standard InChI is InChI=1S/C18H22N2OS/c21-16-6-4-5-15-17(16)22-18(19-15)13-7-9-14(10-8-13)20-11-2-1-3-12-20/h7-10,16,21H,1-6,11-12H2. The first-order chi connectivity index (χ1) is 10.8. The Labute approximate surface area is 135 Å². The molecule has 1 N–H and O–H groups in total. The van der Waals surface area contributed by atoms with Crippen molar-refractivity contribution in [3.05, 3.63) is 34.8 Å². The normalized spacial score (nSPS) is 21.7. The fourth-order valence-corrected chi connectivity index (χ4v) is 4.62. The minimum atomic E-state index is -0.303. The molecule has 0 bridgehead atoms. The fourth-order valence-electron chi connectivity index (χ4n) is 3.49. The fraction of sp³-hybridized carbons (Fsp3) is 0.500. The van der Waals surface area contributed by atoms with E-state index in [1.807, 2.05) is 0 Å². The van der Waals surface area contributed by atoms with E-state index in [-0.39, 0.29) is 6.10 Å². The van der Waals surface area contributed by atoms with Crippen LogP contribution < -0.4 is 4.90 Å². The van der Waals surface area contributed by atoms with Gasteiger partial charge in [-0.25, -0.2) is 4.98 Å². The molecule has 2 heterocycles. The number of benzene rings is 1. The van der Waals surface area contributed by atoms with Crippen LogP contribution >= 0.6 is 11.3 Å². The Hall–Kier alpha value is -1.39. The smallest absolute Gasteiger partial charge is 0.123 e. The summed E-state index contributed by atoms with van der Waals surface area (Å²) in [4.78, 5) is 8.32. The molecule has 0 saturated carbocycles. The SMILES string of the molecule is OC1CCCc2nc(-c3ccc(N4CCCCC4)cc3)sc21. The zero-order valence-electron chi connectivity index (χ0n) is 12.8. The maximum atomic E-state index is 10.1. The number of aliphatic hydroxyl groups is 1. The molecule has 1 saturated heterocycles. The van der Waals surface area contributed by atoms with Crippen molar-refractivity contribution in [3.63, 3.8) is 0 Å². The van der Waals surface area contributed by atoms with E-state index in [2.05, 4.69) is 29.2 Å². The third kappa shape index (κ3) is 2.66. The lowest BCUT2D eigenvalue weighted by molar-refractivity contribution is 0.160. The molecule has 0 radical (unpaired) electrons. The van der Waals surface area contributed by atoms with Crippen LogP contribution in [0.25, 0.3) is 10.6 Å². The number of fused-ring (bicyclic) bond motifs is 1. The maximum Gasteiger partial charge on any atom is 0.123 e. The number of aliphatic hydroxyl groups excluding tert-OH is 1. The van der Waals surface area contributed by atoms with Gasteiger partial charge in [-0.05, 0) is 62.8 Å². The molecular formula is C18H22N2OS. The Balaban J connectivity index is 1.58. The number of aryl methyl sites for hydroxylation is 1. The first-order valence-electron chi connectivity index (χ1n) is 8.34. The second-order valence-electron chi connectivity index (χ2n) is 6.33. The molecule has 1 aromatic carbocycles. The quantitative estimate of drug-likeness (QED) is 0.904. The number of thiazole rings is 1. The Morgan fingerprint density at radius 1 is 1.05 bits per heavy atom. The average Bonchev–Trinajstić information content (AvgIpc) is 3.02. The van der Waals surface area contributed by atoms with Crippen molar-refractivity contribution in [3.8, 4) is 10.6 Å². The van der Waals surface area contributed by atoms with Gasteiger partial charge in [-0.3, -0.25) is 0 Å². The second kappa shape index (κ2) is 6.01. The summed E-state index contributed by atoms with van der Waals surface area (Å²) in [7, 11) is 0. The summed E-state index contributed by atoms with van der Waals surface area (Å²) in [5.74, 6) is 0. The topological polar surface area (TPSA) is 36.4 Å². The molecule has 22 heavy (non-hydrogen) atoms. The van der Waals surface area contributed by atoms with E-state index in [0.29, 0.717) is 0 Å². The van der Waals surface area contributed by atoms with Crippen molar-refractivity contribution in [2.45, 2.75) is 44.6 Å². The van der Waals surface area contributed by atoms with Gasteiger partial charge in [0.05, 0.1) is 16.7 Å². The highest BCUT2D eigenvalue weighted by Crippen LogP contribution is 2.38. The van der Waals surface area contributed by atoms with Crippen molar-refractivity contribution < 1.29 is 5.11 Å². The van der Waals surface area contributed by atoms with Crippen LogP contribution in [-0.4, -0.2) is 23.2 Å². The van der Waals surface area contributed by atoms with Gasteiger partial charge in [-0.2, -0.15) is 0 Å². The molecule has 0 amide bonds. The number of rotatable bonds is 2. The lowest BCUT2D eigenvalue weighted by Gasteiger charge is -2.28. The number of nitrogens with zero attached hydrogens (tertiary/aromatic N) is 2. The van der Waals surface area contributed by atoms with E-state index < -0.39 is 0 Å². The summed E-state index contributed by atoms with van der Waals surface area (Å²) in [5, 5.41) is 11.2. The molecule has 3 nitrogen and oxygen atoms in total. The van der Waals surface area contributed by atoms with Gasteiger partial charge in [0.1, 0.15) is 5.01 Å². The average molecular weight is 314 g/mol. The van der Waals surface area contributed by atoms with Gasteiger partial charge in [-0.15, -0.1) is 11.3 Å². The Kier molecular flexibility index (Phi) is 3.89.